The SMILES string of the molecule is Cc1ccnc2c1CCC(=O)[N-]2.[Rb+]. The summed E-state index contributed by atoms with van der Waals surface area (Å²) in [7, 11) is 0. The molecular weight excluding hydrogens is 238 g/mol. The molecule has 2 rings (SSSR count). The number of nitrogens with zero attached hydrogens (tertiary/aromatic N) is 2. The summed E-state index contributed by atoms with van der Waals surface area (Å²) in [6, 6.07) is 1.95. The third-order valence-electron chi connectivity index (χ3n) is 2.09. The van der Waals surface area contributed by atoms with Crippen LogP contribution in [-0.4, -0.2) is 10.9 Å². The minimum Gasteiger partial charge on any atom is -0.442 e. The molecule has 0 aromatic carbocycles. The van der Waals surface area contributed by atoms with Crippen LogP contribution in [0.25, 0.3) is 5.32 Å². The summed E-state index contributed by atoms with van der Waals surface area (Å²) in [5.41, 5.74) is 2.30. The molecule has 0 bridgehead atoms. The second-order valence-corrected chi connectivity index (χ2v) is 2.94. The molecule has 4 heteroatoms. The van der Waals surface area contributed by atoms with Gasteiger partial charge in [0.15, 0.2) is 0 Å². The maximum atomic E-state index is 10.9. The van der Waals surface area contributed by atoms with Crippen LogP contribution in [0, 0.1) is 6.92 Å². The van der Waals surface area contributed by atoms with Crippen LogP contribution in [0.1, 0.15) is 17.5 Å². The van der Waals surface area contributed by atoms with E-state index in [1.807, 2.05) is 13.0 Å². The summed E-state index contributed by atoms with van der Waals surface area (Å²) in [6.45, 7) is 2.02. The summed E-state index contributed by atoms with van der Waals surface area (Å²) >= 11 is 0. The number of aryl methyl sites for hydroxylation is 1. The number of hydrogen-bond donors (Lipinski definition) is 0. The van der Waals surface area contributed by atoms with Gasteiger partial charge in [0.2, 0.25) is 0 Å². The van der Waals surface area contributed by atoms with Crippen molar-refractivity contribution in [1.82, 2.24) is 4.98 Å². The van der Waals surface area contributed by atoms with Crippen molar-refractivity contribution in [2.45, 2.75) is 19.8 Å². The average molecular weight is 247 g/mol. The number of fused-ring (bicyclic) bond motifs is 1. The zero-order chi connectivity index (χ0) is 8.55. The number of pyridine rings is 1. The molecular formula is C9H9N2ORb. The summed E-state index contributed by atoms with van der Waals surface area (Å²) < 4.78 is 0. The van der Waals surface area contributed by atoms with Gasteiger partial charge in [0.1, 0.15) is 5.91 Å². The molecule has 0 spiro atoms. The van der Waals surface area contributed by atoms with E-state index in [9.17, 15) is 4.79 Å². The van der Waals surface area contributed by atoms with Crippen LogP contribution in [0.3, 0.4) is 0 Å². The van der Waals surface area contributed by atoms with Gasteiger partial charge in [-0.3, -0.25) is 4.79 Å². The van der Waals surface area contributed by atoms with E-state index in [-0.39, 0.29) is 64.1 Å². The molecule has 0 atom stereocenters. The Bertz CT molecular complexity index is 338. The molecule has 3 nitrogen and oxygen atoms in total. The van der Waals surface area contributed by atoms with Gasteiger partial charge in [0.25, 0.3) is 0 Å². The van der Waals surface area contributed by atoms with Gasteiger partial charge in [-0.1, -0.05) is 18.1 Å². The molecule has 0 aliphatic carbocycles. The number of hydrogen-bond acceptors (Lipinski definition) is 2. The van der Waals surface area contributed by atoms with Crippen molar-refractivity contribution in [1.29, 1.82) is 0 Å². The molecule has 0 unspecified atom stereocenters. The van der Waals surface area contributed by atoms with Crippen molar-refractivity contribution in [3.8, 4) is 0 Å². The molecule has 0 saturated carbocycles. The first kappa shape index (κ1) is 11.5. The van der Waals surface area contributed by atoms with Crippen molar-refractivity contribution >= 4 is 11.7 Å². The first-order chi connectivity index (χ1) is 5.77. The predicted molar refractivity (Wildman–Crippen MR) is 45.3 cm³/mol. The van der Waals surface area contributed by atoms with Gasteiger partial charge < -0.3 is 10.3 Å². The Hall–Kier alpha value is 0.425. The maximum absolute atomic E-state index is 10.9. The number of aromatic nitrogens is 1. The third-order valence-corrected chi connectivity index (χ3v) is 2.09. The summed E-state index contributed by atoms with van der Waals surface area (Å²) in [4.78, 5) is 15.0. The Morgan fingerprint density at radius 3 is 3.00 bits per heavy atom. The second kappa shape index (κ2) is 4.78. The number of carbonyl (C=O) groups is 1. The molecule has 0 fully saturated rings. The van der Waals surface area contributed by atoms with Crippen molar-refractivity contribution < 1.29 is 63.0 Å². The summed E-state index contributed by atoms with van der Waals surface area (Å²) in [5.74, 6) is 0.562. The first-order valence-corrected chi connectivity index (χ1v) is 3.96. The zero-order valence-corrected chi connectivity index (χ0v) is 12.8. The van der Waals surface area contributed by atoms with Crippen LogP contribution in [-0.2, 0) is 11.2 Å². The van der Waals surface area contributed by atoms with E-state index in [0.717, 1.165) is 12.0 Å². The fraction of sp³-hybridized carbons (Fsp3) is 0.333. The van der Waals surface area contributed by atoms with Crippen LogP contribution in [0.2, 0.25) is 0 Å². The second-order valence-electron chi connectivity index (χ2n) is 2.94. The monoisotopic (exact) mass is 246 g/mol. The fourth-order valence-electron chi connectivity index (χ4n) is 1.39. The Morgan fingerprint density at radius 2 is 2.23 bits per heavy atom. The Labute approximate surface area is 126 Å². The number of rotatable bonds is 0. The van der Waals surface area contributed by atoms with Crippen LogP contribution in [0.5, 0.6) is 0 Å². The first-order valence-electron chi connectivity index (χ1n) is 3.96. The largest absolute Gasteiger partial charge is 1.00 e. The van der Waals surface area contributed by atoms with Gasteiger partial charge in [0, 0.05) is 6.42 Å². The van der Waals surface area contributed by atoms with E-state index in [2.05, 4.69) is 10.3 Å². The van der Waals surface area contributed by atoms with Crippen molar-refractivity contribution in [2.75, 3.05) is 0 Å². The molecule has 62 valence electrons. The van der Waals surface area contributed by atoms with Gasteiger partial charge in [-0.15, -0.1) is 0 Å². The quantitative estimate of drug-likeness (QED) is 0.582. The van der Waals surface area contributed by atoms with Gasteiger partial charge in [0.05, 0.1) is 0 Å². The van der Waals surface area contributed by atoms with Gasteiger partial charge in [-0.2, -0.15) is 0 Å². The van der Waals surface area contributed by atoms with E-state index in [1.165, 1.54) is 5.56 Å². The van der Waals surface area contributed by atoms with Crippen LogP contribution < -0.4 is 58.2 Å². The molecule has 1 aromatic rings. The van der Waals surface area contributed by atoms with E-state index < -0.39 is 0 Å². The normalized spacial score (nSPS) is 14.1. The van der Waals surface area contributed by atoms with Crippen molar-refractivity contribution in [3.63, 3.8) is 0 Å². The molecule has 13 heavy (non-hydrogen) atoms. The van der Waals surface area contributed by atoms with Gasteiger partial charge in [-0.25, -0.2) is 0 Å². The molecule has 1 amide bonds. The van der Waals surface area contributed by atoms with Crippen LogP contribution in [0.15, 0.2) is 12.3 Å². The smallest absolute Gasteiger partial charge is 0.442 e. The molecule has 0 saturated heterocycles. The number of carbonyl (C=O) groups excluding carboxylic acids is 1. The van der Waals surface area contributed by atoms with Crippen LogP contribution in [0.4, 0.5) is 5.82 Å². The average Bonchev–Trinajstić information content (AvgIpc) is 2.04. The zero-order valence-electron chi connectivity index (χ0n) is 7.87. The van der Waals surface area contributed by atoms with Crippen LogP contribution >= 0.6 is 0 Å². The topological polar surface area (TPSA) is 44.1 Å². The van der Waals surface area contributed by atoms with Gasteiger partial charge in [-0.05, 0) is 24.5 Å². The molecule has 1 aliphatic heterocycles. The molecule has 2 heterocycles. The fourth-order valence-corrected chi connectivity index (χ4v) is 1.39. The summed E-state index contributed by atoms with van der Waals surface area (Å²) in [5, 5.41) is 3.86. The van der Waals surface area contributed by atoms with E-state index in [0.29, 0.717) is 12.2 Å². The van der Waals surface area contributed by atoms with E-state index in [4.69, 9.17) is 0 Å². The third kappa shape index (κ3) is 2.46. The Morgan fingerprint density at radius 1 is 1.46 bits per heavy atom. The molecule has 0 N–H and O–H groups in total. The van der Waals surface area contributed by atoms with Gasteiger partial charge >= 0.3 is 58.2 Å². The summed E-state index contributed by atoms with van der Waals surface area (Å²) in [6.07, 6.45) is 3.01. The maximum Gasteiger partial charge on any atom is 1.00 e. The predicted octanol–water partition coefficient (Wildman–Crippen LogP) is -1.13. The number of amides is 1. The standard InChI is InChI=1S/C9H10N2O.Rb/c1-6-4-5-10-9-7(6)2-3-8(12)11-9;/h4-5H,2-3H2,1H3,(H,10,11,12);/q;+1/p-1. The van der Waals surface area contributed by atoms with E-state index >= 15 is 0 Å². The Kier molecular flexibility index (Phi) is 4.23. The molecule has 1 aromatic heterocycles. The minimum atomic E-state index is -0.0550. The minimum absolute atomic E-state index is 0. The van der Waals surface area contributed by atoms with Crippen molar-refractivity contribution in [2.24, 2.45) is 0 Å². The Balaban J connectivity index is 0.000000845. The van der Waals surface area contributed by atoms with E-state index in [1.54, 1.807) is 6.20 Å². The van der Waals surface area contributed by atoms with Crippen molar-refractivity contribution in [3.05, 3.63) is 28.7 Å². The molecule has 1 aliphatic rings. The molecule has 0 radical (unpaired) electrons.